The van der Waals surface area contributed by atoms with Crippen LogP contribution in [0.3, 0.4) is 0 Å². The number of nitrogens with two attached hydrogens (primary N) is 1. The number of methoxy groups -OCH3 is 1. The molecule has 1 saturated carbocycles. The zero-order chi connectivity index (χ0) is 12.7. The van der Waals surface area contributed by atoms with Gasteiger partial charge in [-0.3, -0.25) is 0 Å². The van der Waals surface area contributed by atoms with Crippen molar-refractivity contribution in [2.24, 2.45) is 0 Å². The molecule has 0 atom stereocenters. The van der Waals surface area contributed by atoms with E-state index in [1.54, 1.807) is 7.11 Å². The van der Waals surface area contributed by atoms with E-state index in [1.807, 2.05) is 25.1 Å². The number of nitrogen functional groups attached to an aromatic ring is 1. The average molecular weight is 244 g/mol. The fraction of sp³-hybridized carbons (Fsp3) is 0.385. The molecule has 0 saturated heterocycles. The summed E-state index contributed by atoms with van der Waals surface area (Å²) >= 11 is 0. The molecule has 1 aromatic heterocycles. The highest BCUT2D eigenvalue weighted by molar-refractivity contribution is 5.66. The van der Waals surface area contributed by atoms with E-state index in [4.69, 9.17) is 10.5 Å². The molecule has 18 heavy (non-hydrogen) atoms. The highest BCUT2D eigenvalue weighted by Gasteiger charge is 2.28. The van der Waals surface area contributed by atoms with Gasteiger partial charge in [-0.05, 0) is 38.0 Å². The molecule has 1 fully saturated rings. The topological polar surface area (TPSA) is 66.0 Å². The molecule has 2 aromatic rings. The normalized spacial score (nSPS) is 14.8. The fourth-order valence-corrected chi connectivity index (χ4v) is 2.21. The minimum atomic E-state index is 0.554. The molecule has 1 aliphatic rings. The third kappa shape index (κ3) is 1.72. The van der Waals surface area contributed by atoms with Crippen molar-refractivity contribution < 1.29 is 4.74 Å². The van der Waals surface area contributed by atoms with E-state index < -0.39 is 0 Å². The summed E-state index contributed by atoms with van der Waals surface area (Å²) in [6.07, 6.45) is 2.41. The maximum absolute atomic E-state index is 5.94. The van der Waals surface area contributed by atoms with Gasteiger partial charge in [0, 0.05) is 11.6 Å². The van der Waals surface area contributed by atoms with Gasteiger partial charge in [0.1, 0.15) is 11.6 Å². The van der Waals surface area contributed by atoms with Crippen molar-refractivity contribution in [3.8, 4) is 17.1 Å². The zero-order valence-corrected chi connectivity index (χ0v) is 10.6. The van der Waals surface area contributed by atoms with Crippen LogP contribution in [0.4, 0.5) is 5.69 Å². The maximum atomic E-state index is 5.94. The second-order valence-electron chi connectivity index (χ2n) is 4.63. The zero-order valence-electron chi connectivity index (χ0n) is 10.6. The Balaban J connectivity index is 2.07. The molecule has 1 aromatic carbocycles. The molecule has 0 aliphatic heterocycles. The van der Waals surface area contributed by atoms with E-state index >= 15 is 0 Å². The molecule has 2 N–H and O–H groups in total. The van der Waals surface area contributed by atoms with E-state index in [2.05, 4.69) is 14.8 Å². The highest BCUT2D eigenvalue weighted by Crippen LogP contribution is 2.39. The van der Waals surface area contributed by atoms with Crippen molar-refractivity contribution in [2.75, 3.05) is 12.8 Å². The van der Waals surface area contributed by atoms with Gasteiger partial charge in [0.25, 0.3) is 0 Å². The summed E-state index contributed by atoms with van der Waals surface area (Å²) in [5.74, 6) is 2.54. The minimum Gasteiger partial charge on any atom is -0.495 e. The van der Waals surface area contributed by atoms with Crippen LogP contribution >= 0.6 is 0 Å². The predicted octanol–water partition coefficient (Wildman–Crippen LogP) is 2.18. The molecule has 3 rings (SSSR count). The number of ether oxygens (including phenoxy) is 1. The lowest BCUT2D eigenvalue weighted by Crippen LogP contribution is -2.00. The number of nitrogens with zero attached hydrogens (tertiary/aromatic N) is 3. The number of aryl methyl sites for hydroxylation is 1. The van der Waals surface area contributed by atoms with Crippen LogP contribution in [0.2, 0.25) is 0 Å². The monoisotopic (exact) mass is 244 g/mol. The molecule has 1 heterocycles. The quantitative estimate of drug-likeness (QED) is 0.840. The second-order valence-corrected chi connectivity index (χ2v) is 4.63. The van der Waals surface area contributed by atoms with Crippen molar-refractivity contribution in [2.45, 2.75) is 25.8 Å². The Labute approximate surface area is 106 Å². The second kappa shape index (κ2) is 4.01. The summed E-state index contributed by atoms with van der Waals surface area (Å²) in [7, 11) is 1.61. The van der Waals surface area contributed by atoms with E-state index in [0.29, 0.717) is 17.5 Å². The number of hydrogen-bond donors (Lipinski definition) is 1. The SMILES string of the molecule is COc1ccc(-c2nnc(C)n2C2CC2)cc1N. The Morgan fingerprint density at radius 2 is 2.11 bits per heavy atom. The largest absolute Gasteiger partial charge is 0.495 e. The molecule has 1 aliphatic carbocycles. The van der Waals surface area contributed by atoms with Crippen molar-refractivity contribution >= 4 is 5.69 Å². The molecule has 0 amide bonds. The van der Waals surface area contributed by atoms with Gasteiger partial charge in [-0.2, -0.15) is 0 Å². The Hall–Kier alpha value is -2.04. The molecule has 0 bridgehead atoms. The third-order valence-electron chi connectivity index (χ3n) is 3.27. The van der Waals surface area contributed by atoms with Gasteiger partial charge >= 0.3 is 0 Å². The molecule has 0 radical (unpaired) electrons. The molecule has 94 valence electrons. The molecule has 5 heteroatoms. The Kier molecular flexibility index (Phi) is 2.47. The Bertz CT molecular complexity index is 587. The first-order valence-electron chi connectivity index (χ1n) is 6.06. The molecule has 0 spiro atoms. The molecular weight excluding hydrogens is 228 g/mol. The molecular formula is C13H16N4O. The number of aromatic nitrogens is 3. The van der Waals surface area contributed by atoms with Gasteiger partial charge in [-0.1, -0.05) is 0 Å². The van der Waals surface area contributed by atoms with Gasteiger partial charge in [-0.15, -0.1) is 10.2 Å². The van der Waals surface area contributed by atoms with Gasteiger partial charge in [0.05, 0.1) is 12.8 Å². The van der Waals surface area contributed by atoms with E-state index in [1.165, 1.54) is 12.8 Å². The lowest BCUT2D eigenvalue weighted by Gasteiger charge is -2.09. The summed E-state index contributed by atoms with van der Waals surface area (Å²) < 4.78 is 7.36. The van der Waals surface area contributed by atoms with Crippen LogP contribution in [0.1, 0.15) is 24.7 Å². The number of benzene rings is 1. The summed E-state index contributed by atoms with van der Waals surface area (Å²) in [6.45, 7) is 1.99. The number of anilines is 1. The van der Waals surface area contributed by atoms with E-state index in [9.17, 15) is 0 Å². The van der Waals surface area contributed by atoms with Crippen LogP contribution in [0.15, 0.2) is 18.2 Å². The van der Waals surface area contributed by atoms with Crippen molar-refractivity contribution in [1.29, 1.82) is 0 Å². The summed E-state index contributed by atoms with van der Waals surface area (Å²) in [4.78, 5) is 0. The summed E-state index contributed by atoms with van der Waals surface area (Å²) in [6, 6.07) is 6.28. The van der Waals surface area contributed by atoms with Gasteiger partial charge in [0.2, 0.25) is 0 Å². The molecule has 0 unspecified atom stereocenters. The van der Waals surface area contributed by atoms with E-state index in [0.717, 1.165) is 17.2 Å². The highest BCUT2D eigenvalue weighted by atomic mass is 16.5. The lowest BCUT2D eigenvalue weighted by atomic mass is 10.1. The van der Waals surface area contributed by atoms with Crippen LogP contribution in [-0.2, 0) is 0 Å². The first kappa shape index (κ1) is 11.1. The Morgan fingerprint density at radius 3 is 2.72 bits per heavy atom. The van der Waals surface area contributed by atoms with Crippen LogP contribution in [0, 0.1) is 6.92 Å². The first-order valence-corrected chi connectivity index (χ1v) is 6.06. The Morgan fingerprint density at radius 1 is 1.33 bits per heavy atom. The lowest BCUT2D eigenvalue weighted by molar-refractivity contribution is 0.417. The number of hydrogen-bond acceptors (Lipinski definition) is 4. The summed E-state index contributed by atoms with van der Waals surface area (Å²) in [5.41, 5.74) is 7.55. The van der Waals surface area contributed by atoms with E-state index in [-0.39, 0.29) is 0 Å². The van der Waals surface area contributed by atoms with Crippen LogP contribution in [0.5, 0.6) is 5.75 Å². The van der Waals surface area contributed by atoms with Crippen molar-refractivity contribution in [1.82, 2.24) is 14.8 Å². The minimum absolute atomic E-state index is 0.554. The number of rotatable bonds is 3. The predicted molar refractivity (Wildman–Crippen MR) is 69.4 cm³/mol. The smallest absolute Gasteiger partial charge is 0.164 e. The van der Waals surface area contributed by atoms with Crippen molar-refractivity contribution in [3.05, 3.63) is 24.0 Å². The van der Waals surface area contributed by atoms with Gasteiger partial charge in [0.15, 0.2) is 5.82 Å². The van der Waals surface area contributed by atoms with Crippen LogP contribution in [-0.4, -0.2) is 21.9 Å². The van der Waals surface area contributed by atoms with Gasteiger partial charge < -0.3 is 15.0 Å². The summed E-state index contributed by atoms with van der Waals surface area (Å²) in [5, 5.41) is 8.43. The van der Waals surface area contributed by atoms with Gasteiger partial charge in [-0.25, -0.2) is 0 Å². The fourth-order valence-electron chi connectivity index (χ4n) is 2.21. The first-order chi connectivity index (χ1) is 8.70. The average Bonchev–Trinajstić information content (AvgIpc) is 3.12. The van der Waals surface area contributed by atoms with Crippen molar-refractivity contribution in [3.63, 3.8) is 0 Å². The molecule has 5 nitrogen and oxygen atoms in total. The third-order valence-corrected chi connectivity index (χ3v) is 3.27. The maximum Gasteiger partial charge on any atom is 0.164 e. The van der Waals surface area contributed by atoms with Crippen LogP contribution in [0.25, 0.3) is 11.4 Å². The standard InChI is InChI=1S/C13H16N4O/c1-8-15-16-13(17(8)10-4-5-10)9-3-6-12(18-2)11(14)7-9/h3,6-7,10H,4-5,14H2,1-2H3. The van der Waals surface area contributed by atoms with Crippen LogP contribution < -0.4 is 10.5 Å².